The Bertz CT molecular complexity index is 681. The van der Waals surface area contributed by atoms with Crippen LogP contribution in [0, 0.1) is 6.08 Å². The van der Waals surface area contributed by atoms with Crippen LogP contribution in [0.1, 0.15) is 25.3 Å². The van der Waals surface area contributed by atoms with Crippen molar-refractivity contribution in [3.05, 3.63) is 72.3 Å². The number of fused-ring (bicyclic) bond motifs is 2. The SMILES string of the molecule is CCC/C=[C]\c1c2ccccc2cc2ccccc12. The van der Waals surface area contributed by atoms with Crippen LogP contribution in [-0.2, 0) is 0 Å². The lowest BCUT2D eigenvalue weighted by Crippen LogP contribution is -1.84. The minimum Gasteiger partial charge on any atom is -0.0760 e. The quantitative estimate of drug-likeness (QED) is 0.534. The normalized spacial score (nSPS) is 11.6. The highest BCUT2D eigenvalue weighted by atomic mass is 14.1. The highest BCUT2D eigenvalue weighted by Gasteiger charge is 2.04. The Balaban J connectivity index is 2.33. The molecule has 0 heterocycles. The van der Waals surface area contributed by atoms with E-state index < -0.39 is 0 Å². The number of allylic oxidation sites excluding steroid dienone is 1. The Morgan fingerprint density at radius 1 is 0.895 bits per heavy atom. The third-order valence-corrected chi connectivity index (χ3v) is 3.45. The molecule has 0 saturated carbocycles. The topological polar surface area (TPSA) is 0 Å². The Kier molecular flexibility index (Phi) is 3.33. The molecular weight excluding hydrogens is 228 g/mol. The fourth-order valence-electron chi connectivity index (χ4n) is 2.49. The van der Waals surface area contributed by atoms with E-state index in [1.54, 1.807) is 0 Å². The summed E-state index contributed by atoms with van der Waals surface area (Å²) in [6, 6.07) is 19.4. The molecule has 0 bridgehead atoms. The summed E-state index contributed by atoms with van der Waals surface area (Å²) >= 11 is 0. The van der Waals surface area contributed by atoms with Crippen molar-refractivity contribution in [1.82, 2.24) is 0 Å². The third kappa shape index (κ3) is 2.26. The number of hydrogen-bond acceptors (Lipinski definition) is 0. The van der Waals surface area contributed by atoms with Gasteiger partial charge in [-0.3, -0.25) is 0 Å². The van der Waals surface area contributed by atoms with Crippen molar-refractivity contribution in [2.45, 2.75) is 19.8 Å². The van der Waals surface area contributed by atoms with Gasteiger partial charge in [0.15, 0.2) is 0 Å². The number of unbranched alkanes of at least 4 members (excludes halogenated alkanes) is 1. The largest absolute Gasteiger partial charge is 0.0760 e. The van der Waals surface area contributed by atoms with E-state index in [1.165, 1.54) is 27.1 Å². The molecule has 93 valence electrons. The van der Waals surface area contributed by atoms with Crippen LogP contribution >= 0.6 is 0 Å². The van der Waals surface area contributed by atoms with Crippen LogP contribution in [-0.4, -0.2) is 0 Å². The summed E-state index contributed by atoms with van der Waals surface area (Å²) in [6.45, 7) is 2.19. The molecule has 3 aromatic rings. The highest BCUT2D eigenvalue weighted by molar-refractivity contribution is 6.03. The minimum absolute atomic E-state index is 1.08. The fourth-order valence-corrected chi connectivity index (χ4v) is 2.49. The predicted molar refractivity (Wildman–Crippen MR) is 83.3 cm³/mol. The molecule has 3 aromatic carbocycles. The molecule has 0 spiro atoms. The molecule has 0 aromatic heterocycles. The predicted octanol–water partition coefficient (Wildman–Crippen LogP) is 5.50. The van der Waals surface area contributed by atoms with E-state index in [4.69, 9.17) is 0 Å². The molecule has 19 heavy (non-hydrogen) atoms. The van der Waals surface area contributed by atoms with Crippen LogP contribution in [0.3, 0.4) is 0 Å². The Hall–Kier alpha value is -2.08. The zero-order chi connectivity index (χ0) is 13.1. The molecule has 0 fully saturated rings. The van der Waals surface area contributed by atoms with E-state index in [0.717, 1.165) is 12.8 Å². The molecular formula is C19H17. The third-order valence-electron chi connectivity index (χ3n) is 3.45. The highest BCUT2D eigenvalue weighted by Crippen LogP contribution is 2.28. The lowest BCUT2D eigenvalue weighted by Gasteiger charge is -2.07. The monoisotopic (exact) mass is 245 g/mol. The van der Waals surface area contributed by atoms with Crippen molar-refractivity contribution in [3.63, 3.8) is 0 Å². The Morgan fingerprint density at radius 3 is 2.05 bits per heavy atom. The van der Waals surface area contributed by atoms with Gasteiger partial charge in [0.1, 0.15) is 0 Å². The van der Waals surface area contributed by atoms with Crippen LogP contribution in [0.2, 0.25) is 0 Å². The smallest absolute Gasteiger partial charge is 0.00239 e. The summed E-state index contributed by atoms with van der Waals surface area (Å²) in [6.07, 6.45) is 7.91. The first-order valence-electron chi connectivity index (χ1n) is 6.89. The molecule has 0 atom stereocenters. The molecule has 0 saturated heterocycles. The first-order chi connectivity index (χ1) is 9.40. The van der Waals surface area contributed by atoms with Crippen molar-refractivity contribution >= 4 is 21.5 Å². The summed E-state index contributed by atoms with van der Waals surface area (Å²) in [7, 11) is 0. The van der Waals surface area contributed by atoms with Gasteiger partial charge in [0, 0.05) is 0 Å². The fraction of sp³-hybridized carbons (Fsp3) is 0.158. The molecule has 0 amide bonds. The van der Waals surface area contributed by atoms with Gasteiger partial charge in [-0.1, -0.05) is 68.0 Å². The second-order valence-corrected chi connectivity index (χ2v) is 4.83. The molecule has 0 aliphatic heterocycles. The van der Waals surface area contributed by atoms with Crippen molar-refractivity contribution in [2.24, 2.45) is 0 Å². The zero-order valence-electron chi connectivity index (χ0n) is 11.2. The second-order valence-electron chi connectivity index (χ2n) is 4.83. The number of rotatable bonds is 3. The van der Waals surface area contributed by atoms with E-state index in [2.05, 4.69) is 73.7 Å². The lowest BCUT2D eigenvalue weighted by molar-refractivity contribution is 0.956. The molecule has 1 radical (unpaired) electrons. The van der Waals surface area contributed by atoms with Crippen LogP contribution in [0.4, 0.5) is 0 Å². The maximum atomic E-state index is 3.51. The number of benzene rings is 3. The van der Waals surface area contributed by atoms with E-state index in [9.17, 15) is 0 Å². The first-order valence-corrected chi connectivity index (χ1v) is 6.89. The summed E-state index contributed by atoms with van der Waals surface area (Å²) in [5.41, 5.74) is 1.22. The summed E-state index contributed by atoms with van der Waals surface area (Å²) in [5, 5.41) is 5.14. The van der Waals surface area contributed by atoms with Gasteiger partial charge >= 0.3 is 0 Å². The van der Waals surface area contributed by atoms with Crippen LogP contribution in [0.25, 0.3) is 21.5 Å². The van der Waals surface area contributed by atoms with Crippen molar-refractivity contribution in [2.75, 3.05) is 0 Å². The maximum absolute atomic E-state index is 3.51. The molecule has 0 heteroatoms. The lowest BCUT2D eigenvalue weighted by atomic mass is 9.96. The van der Waals surface area contributed by atoms with Gasteiger partial charge in [0.05, 0.1) is 0 Å². The van der Waals surface area contributed by atoms with Gasteiger partial charge < -0.3 is 0 Å². The molecule has 0 aliphatic rings. The van der Waals surface area contributed by atoms with Gasteiger partial charge in [0.2, 0.25) is 0 Å². The van der Waals surface area contributed by atoms with Gasteiger partial charge in [-0.15, -0.1) is 0 Å². The average molecular weight is 245 g/mol. The van der Waals surface area contributed by atoms with Crippen LogP contribution < -0.4 is 0 Å². The van der Waals surface area contributed by atoms with Crippen molar-refractivity contribution < 1.29 is 0 Å². The summed E-state index contributed by atoms with van der Waals surface area (Å²) in [4.78, 5) is 0. The maximum Gasteiger partial charge on any atom is -0.00239 e. The molecule has 3 rings (SSSR count). The van der Waals surface area contributed by atoms with E-state index >= 15 is 0 Å². The van der Waals surface area contributed by atoms with Gasteiger partial charge in [-0.05, 0) is 45.7 Å². The second kappa shape index (κ2) is 5.27. The molecule has 0 unspecified atom stereocenters. The van der Waals surface area contributed by atoms with Gasteiger partial charge in [0.25, 0.3) is 0 Å². The summed E-state index contributed by atoms with van der Waals surface area (Å²) in [5.74, 6) is 0. The van der Waals surface area contributed by atoms with E-state index in [0.29, 0.717) is 0 Å². The van der Waals surface area contributed by atoms with E-state index in [-0.39, 0.29) is 0 Å². The Morgan fingerprint density at radius 2 is 1.47 bits per heavy atom. The van der Waals surface area contributed by atoms with Crippen LogP contribution in [0.5, 0.6) is 0 Å². The Labute approximate surface area is 114 Å². The van der Waals surface area contributed by atoms with Crippen molar-refractivity contribution in [1.29, 1.82) is 0 Å². The molecule has 0 aliphatic carbocycles. The van der Waals surface area contributed by atoms with Crippen molar-refractivity contribution in [3.8, 4) is 0 Å². The van der Waals surface area contributed by atoms with E-state index in [1.807, 2.05) is 0 Å². The standard InChI is InChI=1S/C19H17/c1-2-3-4-13-19-17-11-7-5-9-15(17)14-16-10-6-8-12-18(16)19/h4-12,14H,2-3H2,1H3. The molecule has 0 nitrogen and oxygen atoms in total. The zero-order valence-corrected chi connectivity index (χ0v) is 11.2. The summed E-state index contributed by atoms with van der Waals surface area (Å²) < 4.78 is 0. The minimum atomic E-state index is 1.08. The number of hydrogen-bond donors (Lipinski definition) is 0. The van der Waals surface area contributed by atoms with Gasteiger partial charge in [-0.25, -0.2) is 0 Å². The van der Waals surface area contributed by atoms with Crippen LogP contribution in [0.15, 0.2) is 60.7 Å². The van der Waals surface area contributed by atoms with Gasteiger partial charge in [-0.2, -0.15) is 0 Å². The average Bonchev–Trinajstić information content (AvgIpc) is 2.46. The first kappa shape index (κ1) is 12.0. The molecule has 0 N–H and O–H groups in total.